The van der Waals surface area contributed by atoms with E-state index >= 15 is 0 Å². The fourth-order valence-corrected chi connectivity index (χ4v) is 1.93. The number of halogens is 1. The normalized spacial score (nSPS) is 10.7. The summed E-state index contributed by atoms with van der Waals surface area (Å²) in [4.78, 5) is 12.1. The van der Waals surface area contributed by atoms with Gasteiger partial charge in [-0.25, -0.2) is 4.39 Å². The third kappa shape index (κ3) is 2.21. The van der Waals surface area contributed by atoms with Crippen molar-refractivity contribution in [2.75, 3.05) is 11.1 Å². The predicted octanol–water partition coefficient (Wildman–Crippen LogP) is 3.41. The van der Waals surface area contributed by atoms with Crippen LogP contribution in [0.4, 0.5) is 15.8 Å². The Labute approximate surface area is 114 Å². The molecular weight excluding hydrogens is 259 g/mol. The lowest BCUT2D eigenvalue weighted by Crippen LogP contribution is -2.12. The van der Waals surface area contributed by atoms with Gasteiger partial charge in [-0.15, -0.1) is 0 Å². The topological polar surface area (TPSA) is 68.3 Å². The van der Waals surface area contributed by atoms with Crippen molar-refractivity contribution >= 4 is 28.3 Å². The molecule has 0 aliphatic heterocycles. The van der Waals surface area contributed by atoms with E-state index in [-0.39, 0.29) is 11.4 Å². The summed E-state index contributed by atoms with van der Waals surface area (Å²) >= 11 is 0. The van der Waals surface area contributed by atoms with Crippen molar-refractivity contribution < 1.29 is 13.6 Å². The van der Waals surface area contributed by atoms with Crippen molar-refractivity contribution in [3.05, 3.63) is 60.1 Å². The van der Waals surface area contributed by atoms with Crippen LogP contribution >= 0.6 is 0 Å². The number of amides is 1. The number of rotatable bonds is 2. The number of anilines is 2. The van der Waals surface area contributed by atoms with E-state index in [2.05, 4.69) is 5.32 Å². The van der Waals surface area contributed by atoms with E-state index in [9.17, 15) is 9.18 Å². The third-order valence-corrected chi connectivity index (χ3v) is 2.91. The van der Waals surface area contributed by atoms with Crippen LogP contribution in [0, 0.1) is 5.82 Å². The Hall–Kier alpha value is -2.82. The lowest BCUT2D eigenvalue weighted by molar-refractivity contribution is 0.0998. The maximum absolute atomic E-state index is 12.9. The van der Waals surface area contributed by atoms with Crippen LogP contribution in [0.25, 0.3) is 11.0 Å². The Bertz CT molecular complexity index is 762. The Kier molecular flexibility index (Phi) is 2.87. The smallest absolute Gasteiger partial charge is 0.291 e. The van der Waals surface area contributed by atoms with Gasteiger partial charge in [-0.05, 0) is 30.3 Å². The molecule has 1 aromatic heterocycles. The number of hydrogen-bond donors (Lipinski definition) is 2. The lowest BCUT2D eigenvalue weighted by atomic mass is 10.2. The SMILES string of the molecule is Nc1cc(F)ccc1NC(=O)c1cc2ccccc2o1. The lowest BCUT2D eigenvalue weighted by Gasteiger charge is -2.06. The summed E-state index contributed by atoms with van der Waals surface area (Å²) in [6, 6.07) is 12.7. The number of nitrogens with one attached hydrogen (secondary N) is 1. The maximum Gasteiger partial charge on any atom is 0.291 e. The van der Waals surface area contributed by atoms with Crippen molar-refractivity contribution in [1.82, 2.24) is 0 Å². The first kappa shape index (κ1) is 12.2. The van der Waals surface area contributed by atoms with Gasteiger partial charge in [0.25, 0.3) is 5.91 Å². The van der Waals surface area contributed by atoms with Gasteiger partial charge in [0.2, 0.25) is 0 Å². The van der Waals surface area contributed by atoms with E-state index in [1.807, 2.05) is 18.2 Å². The fraction of sp³-hybridized carbons (Fsp3) is 0. The van der Waals surface area contributed by atoms with Crippen molar-refractivity contribution in [1.29, 1.82) is 0 Å². The number of nitrogens with two attached hydrogens (primary N) is 1. The third-order valence-electron chi connectivity index (χ3n) is 2.91. The van der Waals surface area contributed by atoms with E-state index in [1.54, 1.807) is 12.1 Å². The number of carbonyl (C=O) groups is 1. The van der Waals surface area contributed by atoms with E-state index in [0.717, 1.165) is 11.5 Å². The van der Waals surface area contributed by atoms with Crippen LogP contribution in [0.1, 0.15) is 10.6 Å². The molecule has 3 N–H and O–H groups in total. The van der Waals surface area contributed by atoms with Crippen LogP contribution < -0.4 is 11.1 Å². The molecule has 0 aliphatic rings. The van der Waals surface area contributed by atoms with E-state index in [1.165, 1.54) is 12.1 Å². The quantitative estimate of drug-likeness (QED) is 0.701. The van der Waals surface area contributed by atoms with Crippen LogP contribution in [0.15, 0.2) is 52.9 Å². The molecule has 0 atom stereocenters. The number of para-hydroxylation sites is 1. The Morgan fingerprint density at radius 3 is 2.70 bits per heavy atom. The predicted molar refractivity (Wildman–Crippen MR) is 75.0 cm³/mol. The van der Waals surface area contributed by atoms with Crippen molar-refractivity contribution in [2.45, 2.75) is 0 Å². The van der Waals surface area contributed by atoms with Crippen LogP contribution in [0.5, 0.6) is 0 Å². The molecule has 5 heteroatoms. The van der Waals surface area contributed by atoms with Gasteiger partial charge in [-0.2, -0.15) is 0 Å². The minimum Gasteiger partial charge on any atom is -0.451 e. The molecule has 0 radical (unpaired) electrons. The van der Waals surface area contributed by atoms with Gasteiger partial charge in [-0.3, -0.25) is 4.79 Å². The number of nitrogen functional groups attached to an aromatic ring is 1. The molecule has 3 rings (SSSR count). The first-order chi connectivity index (χ1) is 9.63. The van der Waals surface area contributed by atoms with Crippen LogP contribution in [-0.4, -0.2) is 5.91 Å². The summed E-state index contributed by atoms with van der Waals surface area (Å²) < 4.78 is 18.4. The van der Waals surface area contributed by atoms with E-state index < -0.39 is 11.7 Å². The average molecular weight is 270 g/mol. The molecule has 2 aromatic carbocycles. The monoisotopic (exact) mass is 270 g/mol. The molecule has 3 aromatic rings. The Balaban J connectivity index is 1.89. The molecule has 0 bridgehead atoms. The van der Waals surface area contributed by atoms with Crippen LogP contribution in [0.3, 0.4) is 0 Å². The molecule has 4 nitrogen and oxygen atoms in total. The van der Waals surface area contributed by atoms with E-state index in [0.29, 0.717) is 11.3 Å². The summed E-state index contributed by atoms with van der Waals surface area (Å²) in [6.45, 7) is 0. The number of carbonyl (C=O) groups excluding carboxylic acids is 1. The zero-order chi connectivity index (χ0) is 14.1. The first-order valence-electron chi connectivity index (χ1n) is 5.98. The first-order valence-corrected chi connectivity index (χ1v) is 5.98. The summed E-state index contributed by atoms with van der Waals surface area (Å²) in [5.74, 6) is -0.710. The number of fused-ring (bicyclic) bond motifs is 1. The molecule has 1 amide bonds. The van der Waals surface area contributed by atoms with Gasteiger partial charge in [0, 0.05) is 5.39 Å². The van der Waals surface area contributed by atoms with Crippen LogP contribution in [-0.2, 0) is 0 Å². The molecular formula is C15H11FN2O2. The molecule has 1 heterocycles. The highest BCUT2D eigenvalue weighted by atomic mass is 19.1. The minimum atomic E-state index is -0.454. The second kappa shape index (κ2) is 4.70. The van der Waals surface area contributed by atoms with Crippen molar-refractivity contribution in [3.8, 4) is 0 Å². The van der Waals surface area contributed by atoms with Gasteiger partial charge in [0.15, 0.2) is 5.76 Å². The summed E-state index contributed by atoms with van der Waals surface area (Å²) in [7, 11) is 0. The second-order valence-corrected chi connectivity index (χ2v) is 4.33. The molecule has 20 heavy (non-hydrogen) atoms. The van der Waals surface area contributed by atoms with Crippen molar-refractivity contribution in [3.63, 3.8) is 0 Å². The number of benzene rings is 2. The van der Waals surface area contributed by atoms with Crippen LogP contribution in [0.2, 0.25) is 0 Å². The number of furan rings is 1. The van der Waals surface area contributed by atoms with Gasteiger partial charge in [-0.1, -0.05) is 18.2 Å². The molecule has 0 aliphatic carbocycles. The Morgan fingerprint density at radius 1 is 1.15 bits per heavy atom. The highest BCUT2D eigenvalue weighted by molar-refractivity contribution is 6.05. The van der Waals surface area contributed by atoms with Gasteiger partial charge in [0.05, 0.1) is 11.4 Å². The zero-order valence-corrected chi connectivity index (χ0v) is 10.4. The highest BCUT2D eigenvalue weighted by Crippen LogP contribution is 2.22. The molecule has 0 unspecified atom stereocenters. The summed E-state index contributed by atoms with van der Waals surface area (Å²) in [6.07, 6.45) is 0. The molecule has 100 valence electrons. The fourth-order valence-electron chi connectivity index (χ4n) is 1.93. The van der Waals surface area contributed by atoms with Crippen molar-refractivity contribution in [2.24, 2.45) is 0 Å². The minimum absolute atomic E-state index is 0.162. The highest BCUT2D eigenvalue weighted by Gasteiger charge is 2.13. The largest absolute Gasteiger partial charge is 0.451 e. The molecule has 0 spiro atoms. The summed E-state index contributed by atoms with van der Waals surface area (Å²) in [5.41, 5.74) is 6.77. The molecule has 0 saturated heterocycles. The van der Waals surface area contributed by atoms with Gasteiger partial charge < -0.3 is 15.5 Å². The van der Waals surface area contributed by atoms with E-state index in [4.69, 9.17) is 10.2 Å². The second-order valence-electron chi connectivity index (χ2n) is 4.33. The zero-order valence-electron chi connectivity index (χ0n) is 10.4. The molecule has 0 saturated carbocycles. The van der Waals surface area contributed by atoms with Gasteiger partial charge >= 0.3 is 0 Å². The molecule has 0 fully saturated rings. The summed E-state index contributed by atoms with van der Waals surface area (Å²) in [5, 5.41) is 3.43. The standard InChI is InChI=1S/C15H11FN2O2/c16-10-5-6-12(11(17)8-10)18-15(19)14-7-9-3-1-2-4-13(9)20-14/h1-8H,17H2,(H,18,19). The maximum atomic E-state index is 12.9. The van der Waals surface area contributed by atoms with Gasteiger partial charge in [0.1, 0.15) is 11.4 Å². The average Bonchev–Trinajstić information content (AvgIpc) is 2.86. The Morgan fingerprint density at radius 2 is 1.95 bits per heavy atom. The number of hydrogen-bond acceptors (Lipinski definition) is 3.